The number of nitrogens with one attached hydrogen (secondary N) is 1. The van der Waals surface area contributed by atoms with Crippen molar-refractivity contribution in [2.24, 2.45) is 0 Å². The molecule has 3 N–H and O–H groups in total. The van der Waals surface area contributed by atoms with Crippen LogP contribution < -0.4 is 11.1 Å². The highest BCUT2D eigenvalue weighted by atomic mass is 35.5. The smallest absolute Gasteiger partial charge is 0.246 e. The molecule has 2 aromatic rings. The topological polar surface area (TPSA) is 85.8 Å². The van der Waals surface area contributed by atoms with Gasteiger partial charge in [-0.05, 0) is 26.0 Å². The molecule has 0 radical (unpaired) electrons. The van der Waals surface area contributed by atoms with Gasteiger partial charge in [0.25, 0.3) is 0 Å². The molecule has 2 rings (SSSR count). The number of carbonyl (C=O) groups is 1. The SMILES string of the molecule is Cc1nc(C)n(CC(=O)Nc2c(Cl)cc(N)cc2Cl)n1. The van der Waals surface area contributed by atoms with Gasteiger partial charge in [-0.15, -0.1) is 0 Å². The Balaban J connectivity index is 2.15. The molecule has 0 saturated heterocycles. The Labute approximate surface area is 125 Å². The number of carbonyl (C=O) groups excluding carboxylic acids is 1. The molecule has 0 saturated carbocycles. The van der Waals surface area contributed by atoms with E-state index in [-0.39, 0.29) is 22.5 Å². The Hall–Kier alpha value is -1.79. The fraction of sp³-hybridized carbons (Fsp3) is 0.250. The van der Waals surface area contributed by atoms with Gasteiger partial charge < -0.3 is 11.1 Å². The maximum absolute atomic E-state index is 12.0. The molecule has 0 spiro atoms. The van der Waals surface area contributed by atoms with Crippen LogP contribution in [-0.2, 0) is 11.3 Å². The quantitative estimate of drug-likeness (QED) is 0.852. The van der Waals surface area contributed by atoms with Crippen molar-refractivity contribution in [3.8, 4) is 0 Å². The molecule has 106 valence electrons. The van der Waals surface area contributed by atoms with Crippen molar-refractivity contribution < 1.29 is 4.79 Å². The number of benzene rings is 1. The van der Waals surface area contributed by atoms with Crippen LogP contribution in [0.15, 0.2) is 12.1 Å². The zero-order chi connectivity index (χ0) is 14.9. The Morgan fingerprint density at radius 3 is 2.45 bits per heavy atom. The molecule has 0 atom stereocenters. The first-order valence-electron chi connectivity index (χ1n) is 5.79. The van der Waals surface area contributed by atoms with Crippen LogP contribution in [0.5, 0.6) is 0 Å². The predicted octanol–water partition coefficient (Wildman–Crippen LogP) is 2.42. The van der Waals surface area contributed by atoms with Crippen molar-refractivity contribution in [3.63, 3.8) is 0 Å². The van der Waals surface area contributed by atoms with Gasteiger partial charge >= 0.3 is 0 Å². The second-order valence-corrected chi connectivity index (χ2v) is 5.09. The highest BCUT2D eigenvalue weighted by Crippen LogP contribution is 2.32. The lowest BCUT2D eigenvalue weighted by atomic mass is 10.3. The summed E-state index contributed by atoms with van der Waals surface area (Å²) in [6.07, 6.45) is 0. The Morgan fingerprint density at radius 2 is 1.95 bits per heavy atom. The number of aromatic nitrogens is 3. The maximum atomic E-state index is 12.0. The van der Waals surface area contributed by atoms with Gasteiger partial charge in [-0.2, -0.15) is 5.10 Å². The monoisotopic (exact) mass is 313 g/mol. The number of nitrogens with zero attached hydrogens (tertiary/aromatic N) is 3. The van der Waals surface area contributed by atoms with E-state index >= 15 is 0 Å². The van der Waals surface area contributed by atoms with E-state index in [9.17, 15) is 4.79 Å². The number of aryl methyl sites for hydroxylation is 2. The molecule has 8 heteroatoms. The molecule has 0 fully saturated rings. The molecule has 1 amide bonds. The van der Waals surface area contributed by atoms with Gasteiger partial charge in [0.2, 0.25) is 5.91 Å². The lowest BCUT2D eigenvalue weighted by Gasteiger charge is -2.10. The van der Waals surface area contributed by atoms with Crippen LogP contribution in [0.2, 0.25) is 10.0 Å². The fourth-order valence-electron chi connectivity index (χ4n) is 1.74. The first-order chi connectivity index (χ1) is 9.36. The molecule has 1 aromatic carbocycles. The van der Waals surface area contributed by atoms with Crippen molar-refractivity contribution >= 4 is 40.5 Å². The summed E-state index contributed by atoms with van der Waals surface area (Å²) in [6, 6.07) is 3.04. The minimum atomic E-state index is -0.299. The third kappa shape index (κ3) is 3.20. The van der Waals surface area contributed by atoms with Crippen LogP contribution in [0.4, 0.5) is 11.4 Å². The number of nitrogen functional groups attached to an aromatic ring is 1. The summed E-state index contributed by atoms with van der Waals surface area (Å²) in [5.41, 5.74) is 6.37. The normalized spacial score (nSPS) is 10.6. The predicted molar refractivity (Wildman–Crippen MR) is 79.0 cm³/mol. The van der Waals surface area contributed by atoms with Crippen molar-refractivity contribution in [2.75, 3.05) is 11.1 Å². The van der Waals surface area contributed by atoms with Gasteiger partial charge in [-0.1, -0.05) is 23.2 Å². The number of rotatable bonds is 3. The lowest BCUT2D eigenvalue weighted by Crippen LogP contribution is -2.20. The fourth-order valence-corrected chi connectivity index (χ4v) is 2.34. The van der Waals surface area contributed by atoms with E-state index < -0.39 is 0 Å². The van der Waals surface area contributed by atoms with Crippen LogP contribution >= 0.6 is 23.2 Å². The van der Waals surface area contributed by atoms with Crippen molar-refractivity contribution in [2.45, 2.75) is 20.4 Å². The minimum absolute atomic E-state index is 0.0315. The van der Waals surface area contributed by atoms with Crippen LogP contribution in [0.1, 0.15) is 11.6 Å². The standard InChI is InChI=1S/C12H13Cl2N5O/c1-6-16-7(2)19(18-6)5-11(20)17-12-9(13)3-8(15)4-10(12)14/h3-4H,5,15H2,1-2H3,(H,17,20). The van der Waals surface area contributed by atoms with E-state index in [0.29, 0.717) is 23.0 Å². The zero-order valence-electron chi connectivity index (χ0n) is 10.9. The number of hydrogen-bond acceptors (Lipinski definition) is 4. The van der Waals surface area contributed by atoms with Gasteiger partial charge in [-0.3, -0.25) is 4.79 Å². The highest BCUT2D eigenvalue weighted by molar-refractivity contribution is 6.40. The number of hydrogen-bond donors (Lipinski definition) is 2. The molecular formula is C12H13Cl2N5O. The molecule has 0 aliphatic heterocycles. The van der Waals surface area contributed by atoms with E-state index in [4.69, 9.17) is 28.9 Å². The van der Waals surface area contributed by atoms with Crippen molar-refractivity contribution in [3.05, 3.63) is 33.8 Å². The average Bonchev–Trinajstić information content (AvgIpc) is 2.62. The molecule has 0 unspecified atom stereocenters. The van der Waals surface area contributed by atoms with Crippen LogP contribution in [0, 0.1) is 13.8 Å². The maximum Gasteiger partial charge on any atom is 0.246 e. The van der Waals surface area contributed by atoms with Crippen LogP contribution in [0.3, 0.4) is 0 Å². The van der Waals surface area contributed by atoms with E-state index in [2.05, 4.69) is 15.4 Å². The third-order valence-corrected chi connectivity index (χ3v) is 3.18. The Kier molecular flexibility index (Phi) is 4.15. The summed E-state index contributed by atoms with van der Waals surface area (Å²) in [5, 5.41) is 7.33. The summed E-state index contributed by atoms with van der Waals surface area (Å²) in [5.74, 6) is 0.970. The molecule has 20 heavy (non-hydrogen) atoms. The first kappa shape index (κ1) is 14.6. The molecular weight excluding hydrogens is 301 g/mol. The molecule has 6 nitrogen and oxygen atoms in total. The van der Waals surface area contributed by atoms with Crippen LogP contribution in [-0.4, -0.2) is 20.7 Å². The van der Waals surface area contributed by atoms with Crippen molar-refractivity contribution in [1.82, 2.24) is 14.8 Å². The molecule has 1 aromatic heterocycles. The minimum Gasteiger partial charge on any atom is -0.399 e. The van der Waals surface area contributed by atoms with Gasteiger partial charge in [-0.25, -0.2) is 9.67 Å². The van der Waals surface area contributed by atoms with Crippen molar-refractivity contribution in [1.29, 1.82) is 0 Å². The Morgan fingerprint density at radius 1 is 1.35 bits per heavy atom. The van der Waals surface area contributed by atoms with Gasteiger partial charge in [0.15, 0.2) is 0 Å². The average molecular weight is 314 g/mol. The largest absolute Gasteiger partial charge is 0.399 e. The number of anilines is 2. The third-order valence-electron chi connectivity index (χ3n) is 2.58. The van der Waals surface area contributed by atoms with E-state index in [0.717, 1.165) is 0 Å². The molecule has 0 aliphatic carbocycles. The second kappa shape index (κ2) is 5.68. The van der Waals surface area contributed by atoms with Crippen LogP contribution in [0.25, 0.3) is 0 Å². The number of amides is 1. The molecule has 0 aliphatic rings. The van der Waals surface area contributed by atoms with Gasteiger partial charge in [0.1, 0.15) is 18.2 Å². The molecule has 1 heterocycles. The Bertz CT molecular complexity index is 645. The summed E-state index contributed by atoms with van der Waals surface area (Å²) < 4.78 is 1.50. The lowest BCUT2D eigenvalue weighted by molar-refractivity contribution is -0.116. The second-order valence-electron chi connectivity index (χ2n) is 4.27. The van der Waals surface area contributed by atoms with E-state index in [1.165, 1.54) is 16.8 Å². The van der Waals surface area contributed by atoms with E-state index in [1.807, 2.05) is 0 Å². The summed E-state index contributed by atoms with van der Waals surface area (Å²) in [4.78, 5) is 16.1. The zero-order valence-corrected chi connectivity index (χ0v) is 12.5. The number of nitrogens with two attached hydrogens (primary N) is 1. The number of halogens is 2. The summed E-state index contributed by atoms with van der Waals surface area (Å²) >= 11 is 12.0. The summed E-state index contributed by atoms with van der Waals surface area (Å²) in [6.45, 7) is 3.56. The summed E-state index contributed by atoms with van der Waals surface area (Å²) in [7, 11) is 0. The highest BCUT2D eigenvalue weighted by Gasteiger charge is 2.13. The van der Waals surface area contributed by atoms with Gasteiger partial charge in [0, 0.05) is 5.69 Å². The van der Waals surface area contributed by atoms with E-state index in [1.54, 1.807) is 13.8 Å². The molecule has 0 bridgehead atoms. The van der Waals surface area contributed by atoms with Gasteiger partial charge in [0.05, 0.1) is 15.7 Å². The first-order valence-corrected chi connectivity index (χ1v) is 6.55.